The van der Waals surface area contributed by atoms with Gasteiger partial charge in [-0.1, -0.05) is 70.4 Å². The van der Waals surface area contributed by atoms with Crippen LogP contribution in [0.4, 0.5) is 5.69 Å². The second-order valence-electron chi connectivity index (χ2n) is 6.84. The first-order valence-electron chi connectivity index (χ1n) is 9.51. The molecule has 2 rings (SSSR count). The monoisotopic (exact) mass is 337 g/mol. The molecule has 1 aliphatic heterocycles. The summed E-state index contributed by atoms with van der Waals surface area (Å²) >= 11 is 0. The molecule has 0 unspecified atom stereocenters. The van der Waals surface area contributed by atoms with E-state index in [1.165, 1.54) is 49.5 Å². The number of rotatable bonds is 10. The quantitative estimate of drug-likeness (QED) is 0.369. The summed E-state index contributed by atoms with van der Waals surface area (Å²) in [6.07, 6.45) is 10.0. The van der Waals surface area contributed by atoms with Crippen LogP contribution in [-0.2, 0) is 4.79 Å². The van der Waals surface area contributed by atoms with Crippen molar-refractivity contribution in [3.05, 3.63) is 60.3 Å². The lowest BCUT2D eigenvalue weighted by molar-refractivity contribution is -0.113. The number of hydrogen-bond donors (Lipinski definition) is 0. The Morgan fingerprint density at radius 3 is 2.52 bits per heavy atom. The predicted molar refractivity (Wildman–Crippen MR) is 109 cm³/mol. The fourth-order valence-electron chi connectivity index (χ4n) is 3.48. The normalized spacial score (nSPS) is 13.8. The van der Waals surface area contributed by atoms with Gasteiger partial charge in [0.25, 0.3) is 0 Å². The molecule has 0 aromatic heterocycles. The highest BCUT2D eigenvalue weighted by Crippen LogP contribution is 2.40. The van der Waals surface area contributed by atoms with E-state index in [1.54, 1.807) is 0 Å². The van der Waals surface area contributed by atoms with Crippen molar-refractivity contribution in [2.24, 2.45) is 0 Å². The molecule has 0 saturated carbocycles. The molecule has 0 atom stereocenters. The minimum Gasteiger partial charge on any atom is -0.337 e. The maximum absolute atomic E-state index is 12.1. The average Bonchev–Trinajstić information content (AvgIpc) is 2.64. The van der Waals surface area contributed by atoms with E-state index in [1.807, 2.05) is 12.1 Å². The van der Waals surface area contributed by atoms with E-state index in [2.05, 4.69) is 44.0 Å². The molecule has 0 fully saturated rings. The lowest BCUT2D eigenvalue weighted by Gasteiger charge is -2.35. The molecule has 0 spiro atoms. The van der Waals surface area contributed by atoms with Crippen molar-refractivity contribution in [2.75, 3.05) is 11.4 Å². The highest BCUT2D eigenvalue weighted by molar-refractivity contribution is 5.97. The van der Waals surface area contributed by atoms with Crippen LogP contribution in [0.2, 0.25) is 0 Å². The zero-order valence-corrected chi connectivity index (χ0v) is 15.8. The van der Waals surface area contributed by atoms with Crippen LogP contribution in [0.5, 0.6) is 0 Å². The first kappa shape index (κ1) is 19.2. The number of hydrogen-bond acceptors (Lipinski definition) is 2. The molecular weight excluding hydrogens is 306 g/mol. The Labute approximate surface area is 152 Å². The molecule has 1 aliphatic rings. The fraction of sp³-hybridized carbons (Fsp3) is 0.435. The van der Waals surface area contributed by atoms with Gasteiger partial charge in [-0.2, -0.15) is 0 Å². The second-order valence-corrected chi connectivity index (χ2v) is 6.84. The van der Waals surface area contributed by atoms with Gasteiger partial charge in [0.15, 0.2) is 5.78 Å². The largest absolute Gasteiger partial charge is 0.337 e. The first-order valence-corrected chi connectivity index (χ1v) is 9.51. The highest BCUT2D eigenvalue weighted by Gasteiger charge is 2.26. The molecule has 1 aromatic carbocycles. The molecule has 0 aliphatic carbocycles. The van der Waals surface area contributed by atoms with Crippen LogP contribution in [0, 0.1) is 0 Å². The number of carbonyl (C=O) groups is 1. The van der Waals surface area contributed by atoms with Gasteiger partial charge < -0.3 is 4.90 Å². The number of ketones is 1. The zero-order valence-electron chi connectivity index (χ0n) is 15.8. The van der Waals surface area contributed by atoms with Crippen molar-refractivity contribution < 1.29 is 4.79 Å². The molecule has 25 heavy (non-hydrogen) atoms. The number of unbranched alkanes of at least 4 members (excludes halogenated alkanes) is 5. The van der Waals surface area contributed by atoms with Gasteiger partial charge in [0.2, 0.25) is 0 Å². The number of allylic oxidation sites excluding steroid dienone is 3. The number of para-hydroxylation sites is 1. The summed E-state index contributed by atoms with van der Waals surface area (Å²) in [6, 6.07) is 8.24. The van der Waals surface area contributed by atoms with Crippen molar-refractivity contribution in [1.29, 1.82) is 0 Å². The van der Waals surface area contributed by atoms with Crippen molar-refractivity contribution in [1.82, 2.24) is 0 Å². The summed E-state index contributed by atoms with van der Waals surface area (Å²) in [4.78, 5) is 14.2. The van der Waals surface area contributed by atoms with Crippen molar-refractivity contribution >= 4 is 17.0 Å². The van der Waals surface area contributed by atoms with Gasteiger partial charge in [-0.25, -0.2) is 0 Å². The Kier molecular flexibility index (Phi) is 7.24. The van der Waals surface area contributed by atoms with Crippen LogP contribution < -0.4 is 4.90 Å². The predicted octanol–water partition coefficient (Wildman–Crippen LogP) is 6.30. The molecule has 0 radical (unpaired) electrons. The maximum Gasteiger partial charge on any atom is 0.174 e. The van der Waals surface area contributed by atoms with E-state index >= 15 is 0 Å². The Balaban J connectivity index is 2.18. The molecule has 1 heterocycles. The van der Waals surface area contributed by atoms with Crippen LogP contribution in [-0.4, -0.2) is 12.3 Å². The van der Waals surface area contributed by atoms with Crippen molar-refractivity contribution in [2.45, 2.75) is 58.8 Å². The number of nitrogens with zero attached hydrogens (tertiary/aromatic N) is 1. The minimum absolute atomic E-state index is 0.0514. The SMILES string of the molecule is C=CC(=O)CN1C(CCCCCCCC)=C(C)C(=C)c2ccccc21. The Hall–Kier alpha value is -2.09. The van der Waals surface area contributed by atoms with E-state index in [4.69, 9.17) is 0 Å². The van der Waals surface area contributed by atoms with Crippen LogP contribution in [0.25, 0.3) is 5.57 Å². The van der Waals surface area contributed by atoms with Gasteiger partial charge in [0, 0.05) is 16.9 Å². The number of benzene rings is 1. The zero-order chi connectivity index (χ0) is 18.2. The topological polar surface area (TPSA) is 20.3 Å². The van der Waals surface area contributed by atoms with E-state index < -0.39 is 0 Å². The molecule has 0 saturated heterocycles. The summed E-state index contributed by atoms with van der Waals surface area (Å²) in [7, 11) is 0. The van der Waals surface area contributed by atoms with Crippen molar-refractivity contribution in [3.63, 3.8) is 0 Å². The lowest BCUT2D eigenvalue weighted by atomic mass is 9.90. The molecule has 0 N–H and O–H groups in total. The van der Waals surface area contributed by atoms with Crippen LogP contribution in [0.15, 0.2) is 54.8 Å². The molecule has 0 bridgehead atoms. The molecule has 2 heteroatoms. The third-order valence-corrected chi connectivity index (χ3v) is 5.04. The summed E-state index contributed by atoms with van der Waals surface area (Å²) in [5, 5.41) is 0. The Morgan fingerprint density at radius 1 is 1.12 bits per heavy atom. The van der Waals surface area contributed by atoms with E-state index in [0.717, 1.165) is 29.7 Å². The lowest BCUT2D eigenvalue weighted by Crippen LogP contribution is -2.32. The third-order valence-electron chi connectivity index (χ3n) is 5.04. The number of fused-ring (bicyclic) bond motifs is 1. The Bertz CT molecular complexity index is 668. The third kappa shape index (κ3) is 4.72. The van der Waals surface area contributed by atoms with E-state index in [-0.39, 0.29) is 5.78 Å². The summed E-state index contributed by atoms with van der Waals surface area (Å²) in [6.45, 7) is 12.7. The minimum atomic E-state index is 0.0514. The van der Waals surface area contributed by atoms with Gasteiger partial charge in [-0.15, -0.1) is 0 Å². The summed E-state index contributed by atoms with van der Waals surface area (Å²) < 4.78 is 0. The number of carbonyl (C=O) groups excluding carboxylic acids is 1. The van der Waals surface area contributed by atoms with Crippen molar-refractivity contribution in [3.8, 4) is 0 Å². The van der Waals surface area contributed by atoms with Gasteiger partial charge in [0.1, 0.15) is 0 Å². The number of anilines is 1. The average molecular weight is 338 g/mol. The molecule has 134 valence electrons. The van der Waals surface area contributed by atoms with Crippen LogP contribution >= 0.6 is 0 Å². The van der Waals surface area contributed by atoms with E-state index in [0.29, 0.717) is 6.54 Å². The van der Waals surface area contributed by atoms with Gasteiger partial charge >= 0.3 is 0 Å². The summed E-state index contributed by atoms with van der Waals surface area (Å²) in [5.74, 6) is 0.0514. The maximum atomic E-state index is 12.1. The van der Waals surface area contributed by atoms with Crippen LogP contribution in [0.3, 0.4) is 0 Å². The molecule has 2 nitrogen and oxygen atoms in total. The molecule has 1 aromatic rings. The standard InChI is InChI=1S/C23H31NO/c1-5-7-8-9-10-11-15-22-19(4)18(3)21-14-12-13-16-23(21)24(22)17-20(25)6-2/h6,12-14,16H,2-3,5,7-11,15,17H2,1,4H3. The van der Waals surface area contributed by atoms with Crippen LogP contribution in [0.1, 0.15) is 64.4 Å². The highest BCUT2D eigenvalue weighted by atomic mass is 16.1. The van der Waals surface area contributed by atoms with Gasteiger partial charge in [-0.3, -0.25) is 4.79 Å². The van der Waals surface area contributed by atoms with Gasteiger partial charge in [0.05, 0.1) is 6.54 Å². The van der Waals surface area contributed by atoms with Gasteiger partial charge in [-0.05, 0) is 43.1 Å². The fourth-order valence-corrected chi connectivity index (χ4v) is 3.48. The first-order chi connectivity index (χ1) is 12.1. The Morgan fingerprint density at radius 2 is 1.80 bits per heavy atom. The summed E-state index contributed by atoms with van der Waals surface area (Å²) in [5.41, 5.74) is 5.76. The second kappa shape index (κ2) is 9.41. The molecule has 0 amide bonds. The molecular formula is C23H31NO. The van der Waals surface area contributed by atoms with E-state index in [9.17, 15) is 4.79 Å². The smallest absolute Gasteiger partial charge is 0.174 e.